The van der Waals surface area contributed by atoms with E-state index >= 15 is 0 Å². The molecule has 16 heavy (non-hydrogen) atoms. The minimum atomic E-state index is 0.257. The third-order valence-electron chi connectivity index (χ3n) is 2.56. The minimum absolute atomic E-state index is 0.257. The highest BCUT2D eigenvalue weighted by atomic mass is 32.2. The second-order valence-electron chi connectivity index (χ2n) is 3.71. The molecular formula is C13H14OS2. The third kappa shape index (κ3) is 2.69. The lowest BCUT2D eigenvalue weighted by Gasteiger charge is -2.08. The molecule has 1 aromatic heterocycles. The standard InChI is InChI=1S/C13H14OS2/c1-2-3-4-5-11(14)13-8-10-9-15-7-6-12(10)16-13/h8H,4-7,9H2,1H3. The molecule has 2 rings (SSSR count). The molecule has 84 valence electrons. The van der Waals surface area contributed by atoms with Gasteiger partial charge in [-0.2, -0.15) is 11.8 Å². The van der Waals surface area contributed by atoms with Gasteiger partial charge in [-0.15, -0.1) is 23.2 Å². The van der Waals surface area contributed by atoms with E-state index in [1.807, 2.05) is 18.7 Å². The van der Waals surface area contributed by atoms with Crippen LogP contribution in [0.3, 0.4) is 0 Å². The Balaban J connectivity index is 2.05. The number of hydrogen-bond donors (Lipinski definition) is 0. The van der Waals surface area contributed by atoms with Crippen molar-refractivity contribution < 1.29 is 4.79 Å². The van der Waals surface area contributed by atoms with E-state index in [0.29, 0.717) is 12.8 Å². The Morgan fingerprint density at radius 1 is 1.56 bits per heavy atom. The summed E-state index contributed by atoms with van der Waals surface area (Å²) >= 11 is 3.65. The Kier molecular flexibility index (Phi) is 4.09. The molecule has 0 saturated carbocycles. The lowest BCUT2D eigenvalue weighted by Crippen LogP contribution is -1.96. The Labute approximate surface area is 105 Å². The number of hydrogen-bond acceptors (Lipinski definition) is 3. The zero-order valence-corrected chi connectivity index (χ0v) is 11.0. The van der Waals surface area contributed by atoms with Crippen LogP contribution in [-0.4, -0.2) is 11.5 Å². The molecule has 0 atom stereocenters. The molecule has 1 aromatic rings. The molecule has 0 N–H and O–H groups in total. The molecule has 0 aliphatic carbocycles. The van der Waals surface area contributed by atoms with Crippen LogP contribution in [0, 0.1) is 11.8 Å². The molecule has 2 heterocycles. The lowest BCUT2D eigenvalue weighted by atomic mass is 10.1. The SMILES string of the molecule is CC#CCCC(=O)c1cc2c(s1)CCSC2. The van der Waals surface area contributed by atoms with Gasteiger partial charge < -0.3 is 0 Å². The number of rotatable bonds is 3. The highest BCUT2D eigenvalue weighted by molar-refractivity contribution is 7.98. The first-order valence-electron chi connectivity index (χ1n) is 5.43. The van der Waals surface area contributed by atoms with Gasteiger partial charge in [0.2, 0.25) is 0 Å². The third-order valence-corrected chi connectivity index (χ3v) is 4.84. The van der Waals surface area contributed by atoms with Crippen LogP contribution >= 0.6 is 23.1 Å². The second-order valence-corrected chi connectivity index (χ2v) is 5.95. The van der Waals surface area contributed by atoms with Gasteiger partial charge in [-0.1, -0.05) is 0 Å². The summed E-state index contributed by atoms with van der Waals surface area (Å²) in [6.07, 6.45) is 2.38. The van der Waals surface area contributed by atoms with E-state index in [4.69, 9.17) is 0 Å². The molecule has 0 unspecified atom stereocenters. The highest BCUT2D eigenvalue weighted by Gasteiger charge is 2.16. The fraction of sp³-hybridized carbons (Fsp3) is 0.462. The summed E-state index contributed by atoms with van der Waals surface area (Å²) in [4.78, 5) is 14.2. The second kappa shape index (κ2) is 5.56. The number of carbonyl (C=O) groups is 1. The van der Waals surface area contributed by atoms with Gasteiger partial charge in [0.1, 0.15) is 0 Å². The van der Waals surface area contributed by atoms with Gasteiger partial charge in [-0.05, 0) is 30.7 Å². The van der Waals surface area contributed by atoms with Crippen molar-refractivity contribution in [1.29, 1.82) is 0 Å². The summed E-state index contributed by atoms with van der Waals surface area (Å²) < 4.78 is 0. The Bertz CT molecular complexity index is 425. The molecule has 0 bridgehead atoms. The predicted molar refractivity (Wildman–Crippen MR) is 71.2 cm³/mol. The van der Waals surface area contributed by atoms with Gasteiger partial charge >= 0.3 is 0 Å². The van der Waals surface area contributed by atoms with Crippen LogP contribution in [0.25, 0.3) is 0 Å². The summed E-state index contributed by atoms with van der Waals surface area (Å²) in [5.41, 5.74) is 1.38. The number of thiophene rings is 1. The van der Waals surface area contributed by atoms with E-state index in [1.165, 1.54) is 16.2 Å². The van der Waals surface area contributed by atoms with Crippen molar-refractivity contribution in [1.82, 2.24) is 0 Å². The number of aryl methyl sites for hydroxylation is 1. The van der Waals surface area contributed by atoms with E-state index in [0.717, 1.165) is 17.1 Å². The van der Waals surface area contributed by atoms with Crippen molar-refractivity contribution in [3.63, 3.8) is 0 Å². The largest absolute Gasteiger partial charge is 0.293 e. The zero-order chi connectivity index (χ0) is 11.4. The smallest absolute Gasteiger partial charge is 0.173 e. The van der Waals surface area contributed by atoms with Gasteiger partial charge in [0, 0.05) is 23.5 Å². The van der Waals surface area contributed by atoms with Gasteiger partial charge in [-0.3, -0.25) is 4.79 Å². The van der Waals surface area contributed by atoms with Crippen molar-refractivity contribution in [3.05, 3.63) is 21.4 Å². The predicted octanol–water partition coefficient (Wildman–Crippen LogP) is 3.52. The van der Waals surface area contributed by atoms with E-state index in [1.54, 1.807) is 11.3 Å². The van der Waals surface area contributed by atoms with Crippen LogP contribution in [0.15, 0.2) is 6.07 Å². The fourth-order valence-electron chi connectivity index (χ4n) is 1.71. The molecular weight excluding hydrogens is 236 g/mol. The monoisotopic (exact) mass is 250 g/mol. The van der Waals surface area contributed by atoms with Gasteiger partial charge in [-0.25, -0.2) is 0 Å². The van der Waals surface area contributed by atoms with Crippen molar-refractivity contribution in [2.24, 2.45) is 0 Å². The average molecular weight is 250 g/mol. The van der Waals surface area contributed by atoms with Crippen LogP contribution < -0.4 is 0 Å². The van der Waals surface area contributed by atoms with E-state index < -0.39 is 0 Å². The highest BCUT2D eigenvalue weighted by Crippen LogP contribution is 2.32. The van der Waals surface area contributed by atoms with E-state index in [2.05, 4.69) is 17.9 Å². The number of Topliss-reactive ketones (excluding diaryl/α,β-unsaturated/α-hetero) is 1. The van der Waals surface area contributed by atoms with Crippen LogP contribution in [0.1, 0.15) is 39.9 Å². The summed E-state index contributed by atoms with van der Waals surface area (Å²) in [5.74, 6) is 8.29. The molecule has 0 fully saturated rings. The van der Waals surface area contributed by atoms with Gasteiger partial charge in [0.25, 0.3) is 0 Å². The molecule has 1 nitrogen and oxygen atoms in total. The van der Waals surface area contributed by atoms with Crippen molar-refractivity contribution in [2.75, 3.05) is 5.75 Å². The van der Waals surface area contributed by atoms with Crippen LogP contribution in [0.2, 0.25) is 0 Å². The molecule has 1 aliphatic heterocycles. The van der Waals surface area contributed by atoms with Crippen molar-refractivity contribution >= 4 is 28.9 Å². The summed E-state index contributed by atoms with van der Waals surface area (Å²) in [5, 5.41) is 0. The fourth-order valence-corrected chi connectivity index (χ4v) is 4.05. The molecule has 0 aromatic carbocycles. The summed E-state index contributed by atoms with van der Waals surface area (Å²) in [6, 6.07) is 2.09. The Hall–Kier alpha value is -0.720. The number of thioether (sulfide) groups is 1. The van der Waals surface area contributed by atoms with Gasteiger partial charge in [0.15, 0.2) is 5.78 Å². The Morgan fingerprint density at radius 2 is 2.44 bits per heavy atom. The normalized spacial score (nSPS) is 13.8. The lowest BCUT2D eigenvalue weighted by molar-refractivity contribution is 0.0988. The first kappa shape index (κ1) is 11.8. The van der Waals surface area contributed by atoms with Crippen LogP contribution in [0.4, 0.5) is 0 Å². The Morgan fingerprint density at radius 3 is 3.19 bits per heavy atom. The number of carbonyl (C=O) groups excluding carboxylic acids is 1. The average Bonchev–Trinajstić information content (AvgIpc) is 2.73. The van der Waals surface area contributed by atoms with Crippen LogP contribution in [0.5, 0.6) is 0 Å². The maximum absolute atomic E-state index is 11.9. The maximum Gasteiger partial charge on any atom is 0.173 e. The first-order valence-corrected chi connectivity index (χ1v) is 7.40. The zero-order valence-electron chi connectivity index (χ0n) is 9.34. The minimum Gasteiger partial charge on any atom is -0.293 e. The van der Waals surface area contributed by atoms with E-state index in [9.17, 15) is 4.79 Å². The topological polar surface area (TPSA) is 17.1 Å². The van der Waals surface area contributed by atoms with Crippen molar-refractivity contribution in [3.8, 4) is 11.8 Å². The van der Waals surface area contributed by atoms with E-state index in [-0.39, 0.29) is 5.78 Å². The molecule has 1 aliphatic rings. The molecule has 3 heteroatoms. The molecule has 0 amide bonds. The summed E-state index contributed by atoms with van der Waals surface area (Å²) in [7, 11) is 0. The number of ketones is 1. The summed E-state index contributed by atoms with van der Waals surface area (Å²) in [6.45, 7) is 1.81. The molecule has 0 radical (unpaired) electrons. The molecule has 0 spiro atoms. The maximum atomic E-state index is 11.9. The van der Waals surface area contributed by atoms with Gasteiger partial charge in [0.05, 0.1) is 4.88 Å². The molecule has 0 saturated heterocycles. The van der Waals surface area contributed by atoms with Crippen LogP contribution in [-0.2, 0) is 12.2 Å². The number of fused-ring (bicyclic) bond motifs is 1. The van der Waals surface area contributed by atoms with Crippen molar-refractivity contribution in [2.45, 2.75) is 31.9 Å². The first-order chi connectivity index (χ1) is 7.81. The quantitative estimate of drug-likeness (QED) is 0.603.